The number of nitrogens with one attached hydrogen (secondary N) is 2. The van der Waals surface area contributed by atoms with Crippen molar-refractivity contribution >= 4 is 32.6 Å². The zero-order valence-electron chi connectivity index (χ0n) is 19.1. The second-order valence-corrected chi connectivity index (χ2v) is 10.5. The van der Waals surface area contributed by atoms with E-state index in [0.717, 1.165) is 43.0 Å². The quantitative estimate of drug-likeness (QED) is 0.534. The van der Waals surface area contributed by atoms with Gasteiger partial charge in [0.1, 0.15) is 5.52 Å². The van der Waals surface area contributed by atoms with Crippen LogP contribution in [-0.2, 0) is 14.8 Å². The smallest absolute Gasteiger partial charge is 0.211 e. The molecule has 0 radical (unpaired) electrons. The number of sulfonamides is 1. The molecule has 3 aromatic rings. The highest BCUT2D eigenvalue weighted by molar-refractivity contribution is 7.88. The molecule has 2 N–H and O–H groups in total. The molecule has 10 nitrogen and oxygen atoms in total. The maximum absolute atomic E-state index is 12.2. The topological polar surface area (TPSA) is 113 Å². The Labute approximate surface area is 199 Å². The van der Waals surface area contributed by atoms with Gasteiger partial charge in [-0.25, -0.2) is 18.4 Å². The Morgan fingerprint density at radius 3 is 2.65 bits per heavy atom. The van der Waals surface area contributed by atoms with Crippen LogP contribution in [0.1, 0.15) is 0 Å². The van der Waals surface area contributed by atoms with Gasteiger partial charge >= 0.3 is 0 Å². The third kappa shape index (κ3) is 4.97. The van der Waals surface area contributed by atoms with Gasteiger partial charge in [0.15, 0.2) is 5.82 Å². The van der Waals surface area contributed by atoms with Crippen molar-refractivity contribution in [3.8, 4) is 11.3 Å². The molecule has 0 unspecified atom stereocenters. The molecule has 2 saturated heterocycles. The Hall–Kier alpha value is -2.86. The van der Waals surface area contributed by atoms with Crippen molar-refractivity contribution in [3.63, 3.8) is 0 Å². The molecule has 1 aromatic carbocycles. The van der Waals surface area contributed by atoms with Crippen LogP contribution in [0, 0.1) is 0 Å². The van der Waals surface area contributed by atoms with Crippen LogP contribution in [0.2, 0.25) is 0 Å². The molecule has 0 spiro atoms. The molecule has 4 heterocycles. The van der Waals surface area contributed by atoms with Crippen LogP contribution in [0.15, 0.2) is 42.7 Å². The number of anilines is 2. The average molecular weight is 484 g/mol. The summed E-state index contributed by atoms with van der Waals surface area (Å²) in [5, 5.41) is 6.69. The number of benzene rings is 1. The maximum Gasteiger partial charge on any atom is 0.211 e. The summed E-state index contributed by atoms with van der Waals surface area (Å²) in [5.74, 6) is 0.575. The number of aromatic nitrogens is 3. The molecule has 0 amide bonds. The molecular formula is C23H29N7O3S. The lowest BCUT2D eigenvalue weighted by atomic mass is 10.1. The normalized spacial score (nSPS) is 19.9. The fraction of sp³-hybridized carbons (Fsp3) is 0.435. The lowest BCUT2D eigenvalue weighted by molar-refractivity contribution is 0.0375. The molecule has 1 atom stereocenters. The van der Waals surface area contributed by atoms with Crippen LogP contribution < -0.4 is 15.5 Å². The van der Waals surface area contributed by atoms with Crippen molar-refractivity contribution in [1.82, 2.24) is 24.6 Å². The largest absolute Gasteiger partial charge is 0.378 e. The molecule has 5 rings (SSSR count). The third-order valence-corrected chi connectivity index (χ3v) is 7.54. The monoisotopic (exact) mass is 483 g/mol. The van der Waals surface area contributed by atoms with Gasteiger partial charge in [0.2, 0.25) is 10.0 Å². The second-order valence-electron chi connectivity index (χ2n) is 8.55. The number of fused-ring (bicyclic) bond motifs is 1. The highest BCUT2D eigenvalue weighted by Crippen LogP contribution is 2.27. The van der Waals surface area contributed by atoms with Gasteiger partial charge in [0, 0.05) is 62.9 Å². The van der Waals surface area contributed by atoms with Gasteiger partial charge in [0.25, 0.3) is 0 Å². The van der Waals surface area contributed by atoms with Crippen LogP contribution in [0.3, 0.4) is 0 Å². The van der Waals surface area contributed by atoms with E-state index in [0.29, 0.717) is 37.6 Å². The van der Waals surface area contributed by atoms with Crippen molar-refractivity contribution in [3.05, 3.63) is 42.7 Å². The minimum Gasteiger partial charge on any atom is -0.378 e. The Kier molecular flexibility index (Phi) is 6.59. The first-order chi connectivity index (χ1) is 16.5. The van der Waals surface area contributed by atoms with E-state index >= 15 is 0 Å². The molecule has 0 aliphatic carbocycles. The zero-order chi connectivity index (χ0) is 23.5. The van der Waals surface area contributed by atoms with Crippen LogP contribution in [0.4, 0.5) is 11.5 Å². The minimum atomic E-state index is -3.33. The summed E-state index contributed by atoms with van der Waals surface area (Å²) in [6.07, 6.45) is 4.52. The van der Waals surface area contributed by atoms with Crippen molar-refractivity contribution in [1.29, 1.82) is 0 Å². The van der Waals surface area contributed by atoms with E-state index in [9.17, 15) is 8.42 Å². The molecule has 180 valence electrons. The van der Waals surface area contributed by atoms with Gasteiger partial charge in [-0.3, -0.25) is 4.98 Å². The summed E-state index contributed by atoms with van der Waals surface area (Å²) in [7, 11) is -3.33. The van der Waals surface area contributed by atoms with E-state index in [2.05, 4.69) is 49.8 Å². The van der Waals surface area contributed by atoms with Crippen LogP contribution in [0.25, 0.3) is 22.3 Å². The summed E-state index contributed by atoms with van der Waals surface area (Å²) in [6.45, 7) is 5.40. The van der Waals surface area contributed by atoms with E-state index in [1.165, 1.54) is 16.2 Å². The predicted octanol–water partition coefficient (Wildman–Crippen LogP) is 1.17. The number of piperazine rings is 1. The first kappa shape index (κ1) is 22.9. The van der Waals surface area contributed by atoms with E-state index in [1.54, 1.807) is 12.4 Å². The number of hydrogen-bond donors (Lipinski definition) is 2. The summed E-state index contributed by atoms with van der Waals surface area (Å²) in [5.41, 5.74) is 4.32. The van der Waals surface area contributed by atoms with E-state index in [4.69, 9.17) is 9.72 Å². The Morgan fingerprint density at radius 1 is 1.12 bits per heavy atom. The molecule has 34 heavy (non-hydrogen) atoms. The Balaban J connectivity index is 1.41. The second kappa shape index (κ2) is 9.79. The Morgan fingerprint density at radius 2 is 1.88 bits per heavy atom. The molecule has 0 saturated carbocycles. The average Bonchev–Trinajstić information content (AvgIpc) is 2.87. The molecule has 2 aliphatic rings. The summed E-state index contributed by atoms with van der Waals surface area (Å²) < 4.78 is 31.4. The van der Waals surface area contributed by atoms with Gasteiger partial charge in [-0.2, -0.15) is 4.31 Å². The molecule has 0 bridgehead atoms. The van der Waals surface area contributed by atoms with Crippen molar-refractivity contribution in [2.24, 2.45) is 0 Å². The number of morpholine rings is 1. The summed E-state index contributed by atoms with van der Waals surface area (Å²) in [4.78, 5) is 16.1. The van der Waals surface area contributed by atoms with Crippen LogP contribution >= 0.6 is 0 Å². The lowest BCUT2D eigenvalue weighted by Gasteiger charge is -2.33. The number of pyridine rings is 1. The molecular weight excluding hydrogens is 454 g/mol. The highest BCUT2D eigenvalue weighted by Gasteiger charge is 2.30. The Bertz CT molecular complexity index is 1250. The lowest BCUT2D eigenvalue weighted by Crippen LogP contribution is -2.51. The summed E-state index contributed by atoms with van der Waals surface area (Å²) in [6, 6.07) is 10.0. The number of ether oxygens (including phenoxy) is 1. The molecule has 2 fully saturated rings. The predicted molar refractivity (Wildman–Crippen MR) is 132 cm³/mol. The molecule has 2 aromatic heterocycles. The van der Waals surface area contributed by atoms with Crippen molar-refractivity contribution < 1.29 is 13.2 Å². The van der Waals surface area contributed by atoms with Crippen LogP contribution in [0.5, 0.6) is 0 Å². The molecule has 2 aliphatic heterocycles. The standard InChI is InChI=1S/C23H29N7O3S/c1-34(31,32)30-12-13-33-16-19(30)15-27-23-22-21(25-6-7-26-22)14-20(28-23)17-2-4-18(5-3-17)29-10-8-24-9-11-29/h2-7,14,19,24H,8-13,15-16H2,1H3,(H,27,28)/t19-/m0/s1. The maximum atomic E-state index is 12.2. The first-order valence-corrected chi connectivity index (χ1v) is 13.3. The van der Waals surface area contributed by atoms with Crippen molar-refractivity contribution in [2.75, 3.05) is 69.0 Å². The summed E-state index contributed by atoms with van der Waals surface area (Å²) >= 11 is 0. The first-order valence-electron chi connectivity index (χ1n) is 11.5. The van der Waals surface area contributed by atoms with Crippen molar-refractivity contribution in [2.45, 2.75) is 6.04 Å². The third-order valence-electron chi connectivity index (χ3n) is 6.21. The fourth-order valence-corrected chi connectivity index (χ4v) is 5.54. The SMILES string of the molecule is CS(=O)(=O)N1CCOC[C@@H]1CNc1nc(-c2ccc(N3CCNCC3)cc2)cc2nccnc12. The van der Waals surface area contributed by atoms with E-state index < -0.39 is 10.0 Å². The van der Waals surface area contributed by atoms with E-state index in [1.807, 2.05) is 6.07 Å². The number of rotatable bonds is 6. The number of nitrogens with zero attached hydrogens (tertiary/aromatic N) is 5. The molecule has 11 heteroatoms. The van der Waals surface area contributed by atoms with Gasteiger partial charge in [-0.05, 0) is 18.2 Å². The van der Waals surface area contributed by atoms with Crippen LogP contribution in [-0.4, -0.2) is 92.5 Å². The van der Waals surface area contributed by atoms with Gasteiger partial charge in [0.05, 0.1) is 36.7 Å². The van der Waals surface area contributed by atoms with E-state index in [-0.39, 0.29) is 6.04 Å². The van der Waals surface area contributed by atoms with Gasteiger partial charge < -0.3 is 20.3 Å². The fourth-order valence-electron chi connectivity index (χ4n) is 4.46. The van der Waals surface area contributed by atoms with Gasteiger partial charge in [-0.15, -0.1) is 0 Å². The highest BCUT2D eigenvalue weighted by atomic mass is 32.2. The minimum absolute atomic E-state index is 0.320. The zero-order valence-corrected chi connectivity index (χ0v) is 20.0. The number of hydrogen-bond acceptors (Lipinski definition) is 9. The van der Waals surface area contributed by atoms with Gasteiger partial charge in [-0.1, -0.05) is 12.1 Å².